The SMILES string of the molecule is COC(=O)C(C)(N)O. The number of esters is 1. The van der Waals surface area contributed by atoms with Gasteiger partial charge in [0.15, 0.2) is 0 Å². The van der Waals surface area contributed by atoms with Gasteiger partial charge in [-0.3, -0.25) is 5.73 Å². The molecule has 0 heterocycles. The molecule has 3 N–H and O–H groups in total. The van der Waals surface area contributed by atoms with Crippen molar-refractivity contribution in [2.24, 2.45) is 5.73 Å². The lowest BCUT2D eigenvalue weighted by molar-refractivity contribution is -0.159. The lowest BCUT2D eigenvalue weighted by Crippen LogP contribution is -2.45. The molecular weight excluding hydrogens is 110 g/mol. The smallest absolute Gasteiger partial charge is 0.352 e. The van der Waals surface area contributed by atoms with Gasteiger partial charge in [-0.05, 0) is 6.92 Å². The topological polar surface area (TPSA) is 72.5 Å². The fourth-order valence-corrected chi connectivity index (χ4v) is 0.207. The fourth-order valence-electron chi connectivity index (χ4n) is 0.207. The zero-order chi connectivity index (χ0) is 6.78. The Hall–Kier alpha value is -0.610. The summed E-state index contributed by atoms with van der Waals surface area (Å²) in [6, 6.07) is 0. The maximum absolute atomic E-state index is 10.2. The van der Waals surface area contributed by atoms with Crippen LogP contribution in [0.3, 0.4) is 0 Å². The molecule has 0 radical (unpaired) electrons. The molecule has 0 spiro atoms. The lowest BCUT2D eigenvalue weighted by atomic mass is 10.3. The van der Waals surface area contributed by atoms with Crippen molar-refractivity contribution in [2.75, 3.05) is 7.11 Å². The number of carbonyl (C=O) groups excluding carboxylic acids is 1. The van der Waals surface area contributed by atoms with E-state index >= 15 is 0 Å². The standard InChI is InChI=1S/C4H9NO3/c1-4(5,7)3(6)8-2/h7H,5H2,1-2H3. The Morgan fingerprint density at radius 2 is 2.25 bits per heavy atom. The van der Waals surface area contributed by atoms with E-state index in [-0.39, 0.29) is 0 Å². The minimum absolute atomic E-state index is 0.836. The molecule has 48 valence electrons. The van der Waals surface area contributed by atoms with Crippen molar-refractivity contribution < 1.29 is 14.6 Å². The van der Waals surface area contributed by atoms with Crippen LogP contribution in [0.2, 0.25) is 0 Å². The van der Waals surface area contributed by atoms with Crippen molar-refractivity contribution >= 4 is 5.97 Å². The molecule has 4 heteroatoms. The summed E-state index contributed by atoms with van der Waals surface area (Å²) >= 11 is 0. The van der Waals surface area contributed by atoms with Crippen LogP contribution in [0.4, 0.5) is 0 Å². The molecular formula is C4H9NO3. The highest BCUT2D eigenvalue weighted by Crippen LogP contribution is 1.92. The molecule has 0 aromatic rings. The Kier molecular flexibility index (Phi) is 1.94. The molecule has 0 saturated carbocycles. The van der Waals surface area contributed by atoms with Gasteiger partial charge in [0.2, 0.25) is 5.72 Å². The number of hydrogen-bond acceptors (Lipinski definition) is 4. The zero-order valence-electron chi connectivity index (χ0n) is 4.84. The van der Waals surface area contributed by atoms with Crippen LogP contribution in [0, 0.1) is 0 Å². The average Bonchev–Trinajstić information content (AvgIpc) is 1.62. The summed E-state index contributed by atoms with van der Waals surface area (Å²) in [7, 11) is 1.16. The van der Waals surface area contributed by atoms with Gasteiger partial charge in [0.1, 0.15) is 0 Å². The minimum atomic E-state index is -1.85. The van der Waals surface area contributed by atoms with Gasteiger partial charge in [-0.1, -0.05) is 0 Å². The Bertz CT molecular complexity index is 93.9. The average molecular weight is 119 g/mol. The highest BCUT2D eigenvalue weighted by molar-refractivity contribution is 5.77. The Morgan fingerprint density at radius 1 is 1.88 bits per heavy atom. The first-order valence-electron chi connectivity index (χ1n) is 2.08. The van der Waals surface area contributed by atoms with Crippen LogP contribution in [0.1, 0.15) is 6.92 Å². The molecule has 0 aliphatic carbocycles. The molecule has 0 aromatic carbocycles. The van der Waals surface area contributed by atoms with Crippen molar-refractivity contribution in [3.05, 3.63) is 0 Å². The van der Waals surface area contributed by atoms with Crippen LogP contribution in [-0.4, -0.2) is 23.9 Å². The number of ether oxygens (including phenoxy) is 1. The highest BCUT2D eigenvalue weighted by atomic mass is 16.5. The van der Waals surface area contributed by atoms with Crippen LogP contribution in [0.5, 0.6) is 0 Å². The summed E-state index contributed by atoms with van der Waals surface area (Å²) < 4.78 is 4.10. The van der Waals surface area contributed by atoms with Gasteiger partial charge in [-0.25, -0.2) is 4.79 Å². The first kappa shape index (κ1) is 7.39. The first-order valence-corrected chi connectivity index (χ1v) is 2.08. The summed E-state index contributed by atoms with van der Waals surface area (Å²) in [5, 5.41) is 8.59. The third-order valence-electron chi connectivity index (χ3n) is 0.599. The molecule has 1 atom stereocenters. The molecule has 0 rings (SSSR count). The monoisotopic (exact) mass is 119 g/mol. The molecule has 0 saturated heterocycles. The summed E-state index contributed by atoms with van der Waals surface area (Å²) in [5.74, 6) is -0.836. The Morgan fingerprint density at radius 3 is 2.25 bits per heavy atom. The maximum Gasteiger partial charge on any atom is 0.352 e. The van der Waals surface area contributed by atoms with Gasteiger partial charge < -0.3 is 9.84 Å². The first-order chi connectivity index (χ1) is 3.48. The molecule has 0 aliphatic rings. The van der Waals surface area contributed by atoms with E-state index in [1.165, 1.54) is 0 Å². The summed E-state index contributed by atoms with van der Waals surface area (Å²) in [4.78, 5) is 10.2. The van der Waals surface area contributed by atoms with E-state index in [4.69, 9.17) is 10.8 Å². The zero-order valence-corrected chi connectivity index (χ0v) is 4.84. The van der Waals surface area contributed by atoms with E-state index in [0.29, 0.717) is 0 Å². The second-order valence-electron chi connectivity index (χ2n) is 1.64. The van der Waals surface area contributed by atoms with E-state index in [1.54, 1.807) is 0 Å². The van der Waals surface area contributed by atoms with E-state index in [2.05, 4.69) is 4.74 Å². The van der Waals surface area contributed by atoms with Crippen molar-refractivity contribution in [2.45, 2.75) is 12.6 Å². The fraction of sp³-hybridized carbons (Fsp3) is 0.750. The van der Waals surface area contributed by atoms with Crippen LogP contribution < -0.4 is 5.73 Å². The summed E-state index contributed by atoms with van der Waals surface area (Å²) in [6.45, 7) is 1.15. The second kappa shape index (κ2) is 2.11. The van der Waals surface area contributed by atoms with Gasteiger partial charge in [-0.15, -0.1) is 0 Å². The van der Waals surface area contributed by atoms with E-state index < -0.39 is 11.7 Å². The number of aliphatic hydroxyl groups is 1. The maximum atomic E-state index is 10.2. The predicted molar refractivity (Wildman–Crippen MR) is 26.8 cm³/mol. The molecule has 0 bridgehead atoms. The summed E-state index contributed by atoms with van der Waals surface area (Å²) in [6.07, 6.45) is 0. The lowest BCUT2D eigenvalue weighted by Gasteiger charge is -2.12. The number of methoxy groups -OCH3 is 1. The number of hydrogen-bond donors (Lipinski definition) is 2. The molecule has 1 unspecified atom stereocenters. The Labute approximate surface area is 47.2 Å². The molecule has 0 amide bonds. The predicted octanol–water partition coefficient (Wildman–Crippen LogP) is -1.17. The highest BCUT2D eigenvalue weighted by Gasteiger charge is 2.24. The molecule has 4 nitrogen and oxygen atoms in total. The van der Waals surface area contributed by atoms with Gasteiger partial charge in [0.05, 0.1) is 7.11 Å². The van der Waals surface area contributed by atoms with Crippen molar-refractivity contribution in [1.29, 1.82) is 0 Å². The Balaban J connectivity index is 3.82. The largest absolute Gasteiger partial charge is 0.466 e. The van der Waals surface area contributed by atoms with Gasteiger partial charge in [0, 0.05) is 0 Å². The van der Waals surface area contributed by atoms with Crippen molar-refractivity contribution in [3.8, 4) is 0 Å². The van der Waals surface area contributed by atoms with Crippen LogP contribution in [-0.2, 0) is 9.53 Å². The van der Waals surface area contributed by atoms with Crippen LogP contribution >= 0.6 is 0 Å². The van der Waals surface area contributed by atoms with Gasteiger partial charge in [-0.2, -0.15) is 0 Å². The third-order valence-corrected chi connectivity index (χ3v) is 0.599. The van der Waals surface area contributed by atoms with Crippen molar-refractivity contribution in [1.82, 2.24) is 0 Å². The van der Waals surface area contributed by atoms with E-state index in [0.717, 1.165) is 14.0 Å². The van der Waals surface area contributed by atoms with Crippen molar-refractivity contribution in [3.63, 3.8) is 0 Å². The molecule has 8 heavy (non-hydrogen) atoms. The third kappa shape index (κ3) is 1.90. The van der Waals surface area contributed by atoms with E-state index in [9.17, 15) is 4.79 Å². The van der Waals surface area contributed by atoms with E-state index in [1.807, 2.05) is 0 Å². The molecule has 0 aromatic heterocycles. The number of nitrogens with two attached hydrogens (primary N) is 1. The number of rotatable bonds is 1. The van der Waals surface area contributed by atoms with Crippen LogP contribution in [0.15, 0.2) is 0 Å². The van der Waals surface area contributed by atoms with Gasteiger partial charge >= 0.3 is 5.97 Å². The van der Waals surface area contributed by atoms with Gasteiger partial charge in [0.25, 0.3) is 0 Å². The second-order valence-corrected chi connectivity index (χ2v) is 1.64. The molecule has 0 aliphatic heterocycles. The summed E-state index contributed by atoms with van der Waals surface area (Å²) in [5.41, 5.74) is 3.02. The minimum Gasteiger partial charge on any atom is -0.466 e. The quantitative estimate of drug-likeness (QED) is 0.337. The number of carbonyl (C=O) groups is 1. The normalized spacial score (nSPS) is 17.0. The van der Waals surface area contributed by atoms with Crippen LogP contribution in [0.25, 0.3) is 0 Å². The molecule has 0 fully saturated rings.